The van der Waals surface area contributed by atoms with E-state index in [-0.39, 0.29) is 61.4 Å². The van der Waals surface area contributed by atoms with Crippen molar-refractivity contribution >= 4 is 17.3 Å². The van der Waals surface area contributed by atoms with Crippen LogP contribution in [-0.4, -0.2) is 34.9 Å². The Morgan fingerprint density at radius 2 is 1.35 bits per heavy atom. The Labute approximate surface area is 152 Å². The predicted molar refractivity (Wildman–Crippen MR) is 85.2 cm³/mol. The Bertz CT molecular complexity index is 396. The van der Waals surface area contributed by atoms with Gasteiger partial charge in [0.05, 0.1) is 0 Å². The Kier molecular flexibility index (Phi) is 11.3. The first-order chi connectivity index (χ1) is 9.64. The molecule has 0 saturated heterocycles. The van der Waals surface area contributed by atoms with Crippen molar-refractivity contribution in [1.82, 2.24) is 0 Å². The van der Waals surface area contributed by atoms with Gasteiger partial charge in [0, 0.05) is 46.0 Å². The fourth-order valence-corrected chi connectivity index (χ4v) is 3.03. The number of hydrogen-bond acceptors (Lipinski definition) is 5. The Hall–Kier alpha value is -0.422. The van der Waals surface area contributed by atoms with Gasteiger partial charge in [0.25, 0.3) is 0 Å². The number of carbonyl (C=O) groups is 3. The summed E-state index contributed by atoms with van der Waals surface area (Å²) >= 11 is 0. The van der Waals surface area contributed by atoms with E-state index in [1.165, 1.54) is 19.8 Å². The van der Waals surface area contributed by atoms with Gasteiger partial charge in [-0.05, 0) is 25.2 Å². The van der Waals surface area contributed by atoms with Gasteiger partial charge in [-0.1, -0.05) is 26.7 Å². The molecular formula is C16H30N2O4Pt. The molecule has 0 unspecified atom stereocenters. The molecule has 2 rings (SSSR count). The smallest absolute Gasteiger partial charge is 0.151 e. The molecule has 7 heteroatoms. The maximum Gasteiger partial charge on any atom is 0.151 e. The van der Waals surface area contributed by atoms with Crippen LogP contribution in [0.2, 0.25) is 0 Å². The zero-order valence-corrected chi connectivity index (χ0v) is 16.4. The summed E-state index contributed by atoms with van der Waals surface area (Å²) in [4.78, 5) is 33.8. The monoisotopic (exact) mass is 509 g/mol. The first-order valence-corrected chi connectivity index (χ1v) is 7.71. The van der Waals surface area contributed by atoms with E-state index in [2.05, 4.69) is 0 Å². The summed E-state index contributed by atoms with van der Waals surface area (Å²) in [5, 5.41) is 0. The summed E-state index contributed by atoms with van der Waals surface area (Å²) in [6.45, 7) is 5.05. The molecule has 0 aliphatic heterocycles. The SMILES string of the molecule is CC(=O)C1C(=O)CC(C)(C)CC1=O.N[C@@H]1CCCC[C@H]1N.O.[Pt]. The normalized spacial score (nSPS) is 27.0. The topological polar surface area (TPSA) is 135 Å². The van der Waals surface area contributed by atoms with Crippen LogP contribution >= 0.6 is 0 Å². The molecule has 0 spiro atoms. The van der Waals surface area contributed by atoms with Crippen LogP contribution in [0.1, 0.15) is 59.3 Å². The number of hydrogen-bond donors (Lipinski definition) is 2. The Morgan fingerprint density at radius 1 is 1.00 bits per heavy atom. The number of nitrogens with two attached hydrogens (primary N) is 2. The molecule has 0 radical (unpaired) electrons. The molecule has 6 nitrogen and oxygen atoms in total. The van der Waals surface area contributed by atoms with Gasteiger partial charge in [-0.15, -0.1) is 0 Å². The third kappa shape index (κ3) is 7.79. The standard InChI is InChI=1S/C10H14O3.C6H14N2.H2O.Pt/c1-6(11)9-7(12)4-10(2,3)5-8(9)13;7-5-3-1-2-4-6(5)8;;/h9H,4-5H2,1-3H3;5-6H,1-4,7-8H2;1H2;/t;5-,6-;;/m.1../s1. The summed E-state index contributed by atoms with van der Waals surface area (Å²) in [5.41, 5.74) is 11.0. The van der Waals surface area contributed by atoms with Crippen molar-refractivity contribution in [3.8, 4) is 0 Å². The van der Waals surface area contributed by atoms with Crippen molar-refractivity contribution in [1.29, 1.82) is 0 Å². The molecule has 0 aromatic heterocycles. The molecule has 2 aliphatic rings. The number of carbonyl (C=O) groups excluding carboxylic acids is 3. The van der Waals surface area contributed by atoms with E-state index in [9.17, 15) is 14.4 Å². The van der Waals surface area contributed by atoms with Crippen molar-refractivity contribution in [3.05, 3.63) is 0 Å². The van der Waals surface area contributed by atoms with Gasteiger partial charge >= 0.3 is 0 Å². The van der Waals surface area contributed by atoms with Crippen molar-refractivity contribution < 1.29 is 40.9 Å². The molecular weight excluding hydrogens is 479 g/mol. The van der Waals surface area contributed by atoms with Gasteiger partial charge in [0.1, 0.15) is 11.7 Å². The van der Waals surface area contributed by atoms with Crippen LogP contribution in [0.25, 0.3) is 0 Å². The predicted octanol–water partition coefficient (Wildman–Crippen LogP) is 0.538. The molecule has 6 N–H and O–H groups in total. The van der Waals surface area contributed by atoms with Crippen LogP contribution in [0.15, 0.2) is 0 Å². The fraction of sp³-hybridized carbons (Fsp3) is 0.812. The molecule has 0 aromatic carbocycles. The summed E-state index contributed by atoms with van der Waals surface area (Å²) in [6, 6.07) is 0.562. The van der Waals surface area contributed by atoms with E-state index in [1.54, 1.807) is 0 Å². The van der Waals surface area contributed by atoms with E-state index < -0.39 is 5.92 Å². The zero-order valence-electron chi connectivity index (χ0n) is 14.2. The average Bonchev–Trinajstić information content (AvgIpc) is 2.30. The largest absolute Gasteiger partial charge is 0.412 e. The van der Waals surface area contributed by atoms with Gasteiger partial charge in [0.2, 0.25) is 0 Å². The molecule has 0 aromatic rings. The van der Waals surface area contributed by atoms with Crippen molar-refractivity contribution in [2.24, 2.45) is 22.8 Å². The van der Waals surface area contributed by atoms with Crippen LogP contribution in [0, 0.1) is 11.3 Å². The average molecular weight is 510 g/mol. The summed E-state index contributed by atoms with van der Waals surface area (Å²) in [6.07, 6.45) is 5.47. The van der Waals surface area contributed by atoms with Gasteiger partial charge in [0.15, 0.2) is 11.6 Å². The van der Waals surface area contributed by atoms with Gasteiger partial charge in [-0.3, -0.25) is 14.4 Å². The van der Waals surface area contributed by atoms with Crippen molar-refractivity contribution in [3.63, 3.8) is 0 Å². The molecule has 2 fully saturated rings. The maximum absolute atomic E-state index is 11.4. The molecule has 23 heavy (non-hydrogen) atoms. The third-order valence-electron chi connectivity index (χ3n) is 4.23. The summed E-state index contributed by atoms with van der Waals surface area (Å²) in [7, 11) is 0. The van der Waals surface area contributed by atoms with Gasteiger partial charge < -0.3 is 16.9 Å². The number of ketones is 3. The zero-order chi connectivity index (χ0) is 16.2. The van der Waals surface area contributed by atoms with E-state index in [1.807, 2.05) is 13.8 Å². The molecule has 138 valence electrons. The van der Waals surface area contributed by atoms with E-state index in [0.717, 1.165) is 12.8 Å². The fourth-order valence-electron chi connectivity index (χ4n) is 3.03. The summed E-state index contributed by atoms with van der Waals surface area (Å²) in [5.74, 6) is -1.71. The van der Waals surface area contributed by atoms with E-state index in [0.29, 0.717) is 12.8 Å². The molecule has 2 atom stereocenters. The van der Waals surface area contributed by atoms with Crippen LogP contribution in [-0.2, 0) is 35.4 Å². The van der Waals surface area contributed by atoms with Crippen molar-refractivity contribution in [2.45, 2.75) is 71.4 Å². The first-order valence-electron chi connectivity index (χ1n) is 7.71. The van der Waals surface area contributed by atoms with E-state index in [4.69, 9.17) is 11.5 Å². The second kappa shape index (κ2) is 10.4. The minimum absolute atomic E-state index is 0. The quantitative estimate of drug-likeness (QED) is 0.498. The molecule has 0 bridgehead atoms. The first kappa shape index (κ1) is 24.8. The van der Waals surface area contributed by atoms with Crippen LogP contribution in [0.5, 0.6) is 0 Å². The van der Waals surface area contributed by atoms with E-state index >= 15 is 0 Å². The molecule has 0 heterocycles. The van der Waals surface area contributed by atoms with Crippen LogP contribution < -0.4 is 11.5 Å². The van der Waals surface area contributed by atoms with Crippen molar-refractivity contribution in [2.75, 3.05) is 0 Å². The second-order valence-electron chi connectivity index (χ2n) is 7.11. The van der Waals surface area contributed by atoms with Crippen LogP contribution in [0.3, 0.4) is 0 Å². The Morgan fingerprint density at radius 3 is 1.61 bits per heavy atom. The molecule has 2 aliphatic carbocycles. The second-order valence-corrected chi connectivity index (χ2v) is 7.11. The van der Waals surface area contributed by atoms with Gasteiger partial charge in [-0.25, -0.2) is 0 Å². The minimum atomic E-state index is -0.965. The number of rotatable bonds is 1. The van der Waals surface area contributed by atoms with Gasteiger partial charge in [-0.2, -0.15) is 0 Å². The maximum atomic E-state index is 11.4. The third-order valence-corrected chi connectivity index (χ3v) is 4.23. The molecule has 2 saturated carbocycles. The molecule has 0 amide bonds. The minimum Gasteiger partial charge on any atom is -0.412 e. The Balaban J connectivity index is 0. The van der Waals surface area contributed by atoms with Crippen LogP contribution in [0.4, 0.5) is 0 Å². The number of Topliss-reactive ketones (excluding diaryl/α,β-unsaturated/α-hetero) is 3. The summed E-state index contributed by atoms with van der Waals surface area (Å²) < 4.78 is 0.